The highest BCUT2D eigenvalue weighted by Gasteiger charge is 2.24. The van der Waals surface area contributed by atoms with Crippen molar-refractivity contribution in [2.45, 2.75) is 18.9 Å². The lowest BCUT2D eigenvalue weighted by Crippen LogP contribution is -2.47. The zero-order valence-electron chi connectivity index (χ0n) is 15.8. The Bertz CT molecular complexity index is 816. The van der Waals surface area contributed by atoms with E-state index < -0.39 is 6.04 Å². The third kappa shape index (κ3) is 5.24. The molecule has 148 valence electrons. The van der Waals surface area contributed by atoms with Crippen molar-refractivity contribution < 1.29 is 14.4 Å². The third-order valence-corrected chi connectivity index (χ3v) is 5.75. The summed E-state index contributed by atoms with van der Waals surface area (Å²) in [5.41, 5.74) is 1.11. The molecule has 8 heteroatoms. The summed E-state index contributed by atoms with van der Waals surface area (Å²) in [7, 11) is 2.02. The number of nitrogens with one attached hydrogen (secondary N) is 1. The van der Waals surface area contributed by atoms with Crippen molar-refractivity contribution >= 4 is 29.4 Å². The molecule has 1 aliphatic heterocycles. The van der Waals surface area contributed by atoms with Crippen molar-refractivity contribution in [3.05, 3.63) is 52.0 Å². The van der Waals surface area contributed by atoms with E-state index in [1.165, 1.54) is 6.20 Å². The normalized spacial score (nSPS) is 15.8. The molecule has 2 aromatic rings. The Kier molecular flexibility index (Phi) is 6.89. The number of hydrogen-bond acceptors (Lipinski definition) is 6. The smallest absolute Gasteiger partial charge is 0.282 e. The molecule has 2 amide bonds. The first-order valence-corrected chi connectivity index (χ1v) is 10.1. The molecule has 1 atom stereocenters. The van der Waals surface area contributed by atoms with Crippen LogP contribution in [-0.4, -0.2) is 72.2 Å². The van der Waals surface area contributed by atoms with Crippen LogP contribution >= 0.6 is 11.3 Å². The maximum absolute atomic E-state index is 12.5. The molecule has 3 rings (SSSR count). The molecule has 1 fully saturated rings. The molecule has 0 saturated carbocycles. The number of carbonyl (C=O) groups is 3. The van der Waals surface area contributed by atoms with Crippen molar-refractivity contribution in [2.75, 3.05) is 33.2 Å². The van der Waals surface area contributed by atoms with Gasteiger partial charge in [-0.2, -0.15) is 0 Å². The fourth-order valence-corrected chi connectivity index (χ4v) is 3.79. The fraction of sp³-hybridized carbons (Fsp3) is 0.400. The van der Waals surface area contributed by atoms with Crippen LogP contribution in [0.25, 0.3) is 0 Å². The first kappa shape index (κ1) is 20.2. The van der Waals surface area contributed by atoms with Gasteiger partial charge >= 0.3 is 0 Å². The highest BCUT2D eigenvalue weighted by atomic mass is 32.1. The van der Waals surface area contributed by atoms with Crippen LogP contribution < -0.4 is 5.32 Å². The van der Waals surface area contributed by atoms with Crippen molar-refractivity contribution in [2.24, 2.45) is 0 Å². The van der Waals surface area contributed by atoms with Crippen LogP contribution in [0.1, 0.15) is 31.5 Å². The SMILES string of the molecule is CN1CCN(C(=O)c2ncc(C(=O)N[C@H](C=O)CCc3ccccc3)s2)CC1. The molecule has 1 aromatic heterocycles. The zero-order valence-corrected chi connectivity index (χ0v) is 16.7. The molecule has 28 heavy (non-hydrogen) atoms. The van der Waals surface area contributed by atoms with Crippen LogP contribution in [0.5, 0.6) is 0 Å². The maximum Gasteiger partial charge on any atom is 0.282 e. The second-order valence-corrected chi connectivity index (χ2v) is 7.90. The van der Waals surface area contributed by atoms with Crippen LogP contribution in [0, 0.1) is 0 Å². The van der Waals surface area contributed by atoms with Crippen molar-refractivity contribution in [1.29, 1.82) is 0 Å². The molecule has 0 radical (unpaired) electrons. The quantitative estimate of drug-likeness (QED) is 0.712. The lowest BCUT2D eigenvalue weighted by molar-refractivity contribution is -0.109. The zero-order chi connectivity index (χ0) is 19.9. The maximum atomic E-state index is 12.5. The van der Waals surface area contributed by atoms with Crippen LogP contribution in [0.4, 0.5) is 0 Å². The Morgan fingerprint density at radius 1 is 1.21 bits per heavy atom. The molecule has 7 nitrogen and oxygen atoms in total. The van der Waals surface area contributed by atoms with Crippen LogP contribution in [-0.2, 0) is 11.2 Å². The Labute approximate surface area is 168 Å². The van der Waals surface area contributed by atoms with Crippen molar-refractivity contribution in [3.63, 3.8) is 0 Å². The minimum Gasteiger partial charge on any atom is -0.342 e. The van der Waals surface area contributed by atoms with E-state index in [0.717, 1.165) is 36.3 Å². The molecule has 1 N–H and O–H groups in total. The van der Waals surface area contributed by atoms with Crippen LogP contribution in [0.3, 0.4) is 0 Å². The van der Waals surface area contributed by atoms with Gasteiger partial charge < -0.3 is 19.9 Å². The summed E-state index contributed by atoms with van der Waals surface area (Å²) in [6.45, 7) is 2.96. The van der Waals surface area contributed by atoms with Crippen LogP contribution in [0.2, 0.25) is 0 Å². The molecule has 0 spiro atoms. The number of thiazole rings is 1. The van der Waals surface area contributed by atoms with Gasteiger partial charge in [0.2, 0.25) is 0 Å². The molecule has 0 aliphatic carbocycles. The van der Waals surface area contributed by atoms with Gasteiger partial charge in [-0.3, -0.25) is 9.59 Å². The second-order valence-electron chi connectivity index (χ2n) is 6.87. The van der Waals surface area contributed by atoms with Gasteiger partial charge in [0.05, 0.1) is 12.2 Å². The third-order valence-electron chi connectivity index (χ3n) is 4.77. The van der Waals surface area contributed by atoms with Gasteiger partial charge in [0.25, 0.3) is 11.8 Å². The van der Waals surface area contributed by atoms with E-state index in [9.17, 15) is 14.4 Å². The van der Waals surface area contributed by atoms with E-state index in [0.29, 0.717) is 35.8 Å². The van der Waals surface area contributed by atoms with E-state index >= 15 is 0 Å². The lowest BCUT2D eigenvalue weighted by Gasteiger charge is -2.31. The number of hydrogen-bond donors (Lipinski definition) is 1. The Balaban J connectivity index is 1.55. The number of aryl methyl sites for hydroxylation is 1. The Morgan fingerprint density at radius 3 is 2.61 bits per heavy atom. The standard InChI is InChI=1S/C20H24N4O3S/c1-23-9-11-24(12-10-23)20(27)19-21-13-17(28-19)18(26)22-16(14-25)8-7-15-5-3-2-4-6-15/h2-6,13-14,16H,7-12H2,1H3,(H,22,26)/t16-/m0/s1. The second kappa shape index (κ2) is 9.57. The van der Waals surface area contributed by atoms with Gasteiger partial charge in [-0.1, -0.05) is 30.3 Å². The fourth-order valence-electron chi connectivity index (χ4n) is 3.00. The van der Waals surface area contributed by atoms with Gasteiger partial charge in [0.15, 0.2) is 5.01 Å². The summed E-state index contributed by atoms with van der Waals surface area (Å²) >= 11 is 1.07. The van der Waals surface area contributed by atoms with E-state index in [1.807, 2.05) is 37.4 Å². The Hall–Kier alpha value is -2.58. The summed E-state index contributed by atoms with van der Waals surface area (Å²) in [5.74, 6) is -0.520. The summed E-state index contributed by atoms with van der Waals surface area (Å²) in [4.78, 5) is 44.7. The topological polar surface area (TPSA) is 82.6 Å². The van der Waals surface area contributed by atoms with Crippen molar-refractivity contribution in [1.82, 2.24) is 20.1 Å². The number of nitrogens with zero attached hydrogens (tertiary/aromatic N) is 3. The molecule has 1 aromatic carbocycles. The van der Waals surface area contributed by atoms with Gasteiger partial charge in [-0.15, -0.1) is 11.3 Å². The number of carbonyl (C=O) groups excluding carboxylic acids is 3. The molecule has 1 aliphatic rings. The molecule has 0 bridgehead atoms. The number of aldehydes is 1. The minimum absolute atomic E-state index is 0.145. The van der Waals surface area contributed by atoms with Crippen LogP contribution in [0.15, 0.2) is 36.5 Å². The minimum atomic E-state index is -0.577. The number of amides is 2. The highest BCUT2D eigenvalue weighted by molar-refractivity contribution is 7.15. The number of likely N-dealkylation sites (N-methyl/N-ethyl adjacent to an activating group) is 1. The van der Waals surface area contributed by atoms with E-state index in [2.05, 4.69) is 15.2 Å². The van der Waals surface area contributed by atoms with Gasteiger partial charge in [0, 0.05) is 26.2 Å². The molecular weight excluding hydrogens is 376 g/mol. The largest absolute Gasteiger partial charge is 0.342 e. The monoisotopic (exact) mass is 400 g/mol. The summed E-state index contributed by atoms with van der Waals surface area (Å²) in [5, 5.41) is 3.03. The van der Waals surface area contributed by atoms with E-state index in [1.54, 1.807) is 4.90 Å². The first-order chi connectivity index (χ1) is 13.6. The number of benzene rings is 1. The molecule has 1 saturated heterocycles. The summed E-state index contributed by atoms with van der Waals surface area (Å²) < 4.78 is 0. The summed E-state index contributed by atoms with van der Waals surface area (Å²) in [6, 6.07) is 9.23. The van der Waals surface area contributed by atoms with Gasteiger partial charge in [-0.05, 0) is 25.5 Å². The number of piperazine rings is 1. The molecular formula is C20H24N4O3S. The summed E-state index contributed by atoms with van der Waals surface area (Å²) in [6.07, 6.45) is 3.37. The average Bonchev–Trinajstić information content (AvgIpc) is 3.22. The van der Waals surface area contributed by atoms with Crippen molar-refractivity contribution in [3.8, 4) is 0 Å². The average molecular weight is 401 g/mol. The Morgan fingerprint density at radius 2 is 1.93 bits per heavy atom. The number of aromatic nitrogens is 1. The predicted octanol–water partition coefficient (Wildman–Crippen LogP) is 1.46. The lowest BCUT2D eigenvalue weighted by atomic mass is 10.1. The highest BCUT2D eigenvalue weighted by Crippen LogP contribution is 2.16. The number of rotatable bonds is 7. The van der Waals surface area contributed by atoms with E-state index in [4.69, 9.17) is 0 Å². The molecule has 0 unspecified atom stereocenters. The molecule has 2 heterocycles. The van der Waals surface area contributed by atoms with Gasteiger partial charge in [0.1, 0.15) is 11.2 Å². The van der Waals surface area contributed by atoms with Gasteiger partial charge in [-0.25, -0.2) is 4.98 Å². The van der Waals surface area contributed by atoms with E-state index in [-0.39, 0.29) is 11.8 Å². The predicted molar refractivity (Wildman–Crippen MR) is 108 cm³/mol. The first-order valence-electron chi connectivity index (χ1n) is 9.30.